The third-order valence-corrected chi connectivity index (χ3v) is 9.24. The van der Waals surface area contributed by atoms with Gasteiger partial charge in [-0.2, -0.15) is 0 Å². The van der Waals surface area contributed by atoms with Crippen LogP contribution in [0.3, 0.4) is 0 Å². The first-order chi connectivity index (χ1) is 24.8. The van der Waals surface area contributed by atoms with Gasteiger partial charge in [-0.25, -0.2) is 15.0 Å². The molecule has 0 unspecified atom stereocenters. The molecule has 2 heterocycles. The van der Waals surface area contributed by atoms with Gasteiger partial charge < -0.3 is 4.74 Å². The molecule has 1 aromatic heterocycles. The van der Waals surface area contributed by atoms with Crippen LogP contribution in [0.2, 0.25) is 0 Å². The normalized spacial score (nSPS) is 11.7. The largest absolute Gasteiger partial charge is 0.488 e. The maximum absolute atomic E-state index is 6.09. The Bertz CT molecular complexity index is 2470. The van der Waals surface area contributed by atoms with E-state index in [1.54, 1.807) is 0 Å². The Labute approximate surface area is 291 Å². The van der Waals surface area contributed by atoms with Crippen LogP contribution in [0.4, 0.5) is 0 Å². The standard InChI is InChI=1S/C46H31N3O/c1-3-12-31(13-4-1)33-24-26-34(27-25-33)44-47-45(37-18-9-16-35(28-37)32-14-5-2-6-15-32)49-46(48-44)38-19-10-17-36(29-38)40-22-11-20-39-30-50-42-23-8-7-21-41(42)43(39)40/h1-29H,30H2. The molecule has 0 atom stereocenters. The zero-order chi connectivity index (χ0) is 33.3. The second kappa shape index (κ2) is 12.8. The average Bonchev–Trinajstić information content (AvgIpc) is 3.21. The summed E-state index contributed by atoms with van der Waals surface area (Å²) in [7, 11) is 0. The van der Waals surface area contributed by atoms with Gasteiger partial charge in [0.2, 0.25) is 0 Å². The highest BCUT2D eigenvalue weighted by molar-refractivity contribution is 5.90. The summed E-state index contributed by atoms with van der Waals surface area (Å²) < 4.78 is 6.09. The van der Waals surface area contributed by atoms with Crippen molar-refractivity contribution < 1.29 is 4.74 Å². The van der Waals surface area contributed by atoms with E-state index in [0.717, 1.165) is 55.8 Å². The maximum atomic E-state index is 6.09. The molecule has 0 saturated heterocycles. The lowest BCUT2D eigenvalue weighted by molar-refractivity contribution is 0.302. The van der Waals surface area contributed by atoms with Gasteiger partial charge in [-0.1, -0.05) is 158 Å². The lowest BCUT2D eigenvalue weighted by Crippen LogP contribution is -2.06. The molecule has 7 aromatic carbocycles. The van der Waals surface area contributed by atoms with Crippen molar-refractivity contribution in [3.05, 3.63) is 181 Å². The van der Waals surface area contributed by atoms with Crippen molar-refractivity contribution in [2.75, 3.05) is 0 Å². The number of hydrogen-bond acceptors (Lipinski definition) is 4. The number of hydrogen-bond donors (Lipinski definition) is 0. The van der Waals surface area contributed by atoms with Gasteiger partial charge in [0.1, 0.15) is 12.4 Å². The van der Waals surface area contributed by atoms with Crippen LogP contribution in [0.5, 0.6) is 5.75 Å². The summed E-state index contributed by atoms with van der Waals surface area (Å²) in [6, 6.07) is 60.9. The molecule has 0 saturated carbocycles. The smallest absolute Gasteiger partial charge is 0.164 e. The van der Waals surface area contributed by atoms with Crippen LogP contribution in [0.1, 0.15) is 5.56 Å². The predicted molar refractivity (Wildman–Crippen MR) is 202 cm³/mol. The fourth-order valence-corrected chi connectivity index (χ4v) is 6.73. The highest BCUT2D eigenvalue weighted by Crippen LogP contribution is 2.43. The minimum Gasteiger partial charge on any atom is -0.488 e. The molecule has 0 amide bonds. The molecule has 4 heteroatoms. The Balaban J connectivity index is 1.17. The highest BCUT2D eigenvalue weighted by Gasteiger charge is 2.21. The third kappa shape index (κ3) is 5.63. The molecule has 0 bridgehead atoms. The van der Waals surface area contributed by atoms with Crippen LogP contribution in [-0.4, -0.2) is 15.0 Å². The molecule has 0 radical (unpaired) electrons. The Morgan fingerprint density at radius 1 is 0.340 bits per heavy atom. The maximum Gasteiger partial charge on any atom is 0.164 e. The third-order valence-electron chi connectivity index (χ3n) is 9.24. The van der Waals surface area contributed by atoms with E-state index in [4.69, 9.17) is 19.7 Å². The van der Waals surface area contributed by atoms with Crippen LogP contribution < -0.4 is 4.74 Å². The molecule has 0 spiro atoms. The van der Waals surface area contributed by atoms with Gasteiger partial charge in [-0.15, -0.1) is 0 Å². The van der Waals surface area contributed by atoms with Crippen molar-refractivity contribution in [3.63, 3.8) is 0 Å². The Morgan fingerprint density at radius 3 is 1.50 bits per heavy atom. The number of benzene rings is 7. The quantitative estimate of drug-likeness (QED) is 0.181. The van der Waals surface area contributed by atoms with Crippen LogP contribution >= 0.6 is 0 Å². The van der Waals surface area contributed by atoms with Gasteiger partial charge in [0.25, 0.3) is 0 Å². The van der Waals surface area contributed by atoms with Gasteiger partial charge in [0.15, 0.2) is 17.5 Å². The summed E-state index contributed by atoms with van der Waals surface area (Å²) in [6.45, 7) is 0.547. The fraction of sp³-hybridized carbons (Fsp3) is 0.0217. The van der Waals surface area contributed by atoms with E-state index in [-0.39, 0.29) is 0 Å². The average molecular weight is 642 g/mol. The minimum atomic E-state index is 0.547. The van der Waals surface area contributed by atoms with E-state index in [2.05, 4.69) is 152 Å². The lowest BCUT2D eigenvalue weighted by Gasteiger charge is -2.23. The van der Waals surface area contributed by atoms with Crippen molar-refractivity contribution in [1.29, 1.82) is 0 Å². The number of rotatable bonds is 6. The topological polar surface area (TPSA) is 47.9 Å². The summed E-state index contributed by atoms with van der Waals surface area (Å²) in [4.78, 5) is 15.3. The molecule has 0 N–H and O–H groups in total. The van der Waals surface area contributed by atoms with Crippen molar-refractivity contribution in [2.24, 2.45) is 0 Å². The van der Waals surface area contributed by atoms with E-state index in [9.17, 15) is 0 Å². The Morgan fingerprint density at radius 2 is 0.800 bits per heavy atom. The molecule has 9 rings (SSSR count). The molecule has 4 nitrogen and oxygen atoms in total. The van der Waals surface area contributed by atoms with Gasteiger partial charge in [0, 0.05) is 22.3 Å². The molecule has 8 aromatic rings. The Kier molecular flexibility index (Phi) is 7.52. The van der Waals surface area contributed by atoms with Crippen molar-refractivity contribution >= 4 is 0 Å². The first kappa shape index (κ1) is 29.5. The SMILES string of the molecule is c1ccc(-c2ccc(-c3nc(-c4cccc(-c5ccccc5)c4)nc(-c4cccc(-c5cccc6c5-c5ccccc5OC6)c4)n3)cc2)cc1. The second-order valence-electron chi connectivity index (χ2n) is 12.4. The summed E-state index contributed by atoms with van der Waals surface area (Å²) in [5.41, 5.74) is 13.1. The van der Waals surface area contributed by atoms with Crippen LogP contribution in [0.25, 0.3) is 78.7 Å². The van der Waals surface area contributed by atoms with Crippen LogP contribution in [0, 0.1) is 0 Å². The number of fused-ring (bicyclic) bond motifs is 3. The van der Waals surface area contributed by atoms with E-state index in [0.29, 0.717) is 24.1 Å². The van der Waals surface area contributed by atoms with Gasteiger partial charge in [-0.05, 0) is 62.7 Å². The lowest BCUT2D eigenvalue weighted by atomic mass is 9.88. The summed E-state index contributed by atoms with van der Waals surface area (Å²) >= 11 is 0. The number of aromatic nitrogens is 3. The molecule has 0 fully saturated rings. The predicted octanol–water partition coefficient (Wildman–Crippen LogP) is 11.4. The van der Waals surface area contributed by atoms with Gasteiger partial charge in [0.05, 0.1) is 0 Å². The second-order valence-corrected chi connectivity index (χ2v) is 12.4. The van der Waals surface area contributed by atoms with Crippen molar-refractivity contribution in [3.8, 4) is 84.4 Å². The first-order valence-corrected chi connectivity index (χ1v) is 16.8. The molecule has 1 aliphatic heterocycles. The minimum absolute atomic E-state index is 0.547. The number of para-hydroxylation sites is 1. The molecule has 0 aliphatic carbocycles. The molecule has 1 aliphatic rings. The zero-order valence-corrected chi connectivity index (χ0v) is 27.2. The van der Waals surface area contributed by atoms with E-state index in [1.165, 1.54) is 16.7 Å². The van der Waals surface area contributed by atoms with E-state index < -0.39 is 0 Å². The zero-order valence-electron chi connectivity index (χ0n) is 27.2. The van der Waals surface area contributed by atoms with Gasteiger partial charge >= 0.3 is 0 Å². The van der Waals surface area contributed by atoms with Crippen LogP contribution in [-0.2, 0) is 6.61 Å². The summed E-state index contributed by atoms with van der Waals surface area (Å²) in [6.07, 6.45) is 0. The molecule has 50 heavy (non-hydrogen) atoms. The van der Waals surface area contributed by atoms with E-state index in [1.807, 2.05) is 24.3 Å². The van der Waals surface area contributed by atoms with Gasteiger partial charge in [-0.3, -0.25) is 0 Å². The van der Waals surface area contributed by atoms with Crippen LogP contribution in [0.15, 0.2) is 176 Å². The first-order valence-electron chi connectivity index (χ1n) is 16.8. The number of ether oxygens (including phenoxy) is 1. The molecular weight excluding hydrogens is 611 g/mol. The summed E-state index contributed by atoms with van der Waals surface area (Å²) in [5.74, 6) is 2.79. The van der Waals surface area contributed by atoms with E-state index >= 15 is 0 Å². The van der Waals surface area contributed by atoms with Crippen molar-refractivity contribution in [1.82, 2.24) is 15.0 Å². The summed E-state index contributed by atoms with van der Waals surface area (Å²) in [5, 5.41) is 0. The monoisotopic (exact) mass is 641 g/mol. The Hall–Kier alpha value is -6.65. The molecular formula is C46H31N3O. The molecule has 236 valence electrons. The van der Waals surface area contributed by atoms with Crippen molar-refractivity contribution in [2.45, 2.75) is 6.61 Å². The highest BCUT2D eigenvalue weighted by atomic mass is 16.5. The number of nitrogens with zero attached hydrogens (tertiary/aromatic N) is 3. The fourth-order valence-electron chi connectivity index (χ4n) is 6.73.